The molecule has 2 aliphatic rings. The van der Waals surface area contributed by atoms with Crippen molar-refractivity contribution in [2.24, 2.45) is 0 Å². The molecule has 1 saturated heterocycles. The van der Waals surface area contributed by atoms with Crippen molar-refractivity contribution < 1.29 is 0 Å². The first-order valence-corrected chi connectivity index (χ1v) is 15.3. The Bertz CT molecular complexity index is 1140. The Balaban J connectivity index is 1.02. The normalized spacial score (nSPS) is 16.8. The van der Waals surface area contributed by atoms with E-state index in [0.29, 0.717) is 12.5 Å². The summed E-state index contributed by atoms with van der Waals surface area (Å²) in [6.07, 6.45) is 8.11. The van der Waals surface area contributed by atoms with Gasteiger partial charge < -0.3 is 20.9 Å². The maximum atomic E-state index is 4.86. The molecule has 0 atom stereocenters. The molecule has 1 aromatic heterocycles. The average molecular weight is 542 g/mol. The van der Waals surface area contributed by atoms with Crippen molar-refractivity contribution in [2.45, 2.75) is 71.1 Å². The van der Waals surface area contributed by atoms with E-state index in [1.165, 1.54) is 55.2 Å². The summed E-state index contributed by atoms with van der Waals surface area (Å²) in [5, 5.41) is 10.8. The zero-order valence-corrected chi connectivity index (χ0v) is 24.2. The van der Waals surface area contributed by atoms with Gasteiger partial charge in [0.25, 0.3) is 0 Å². The molecule has 0 spiro atoms. The van der Waals surface area contributed by atoms with Crippen LogP contribution in [0.1, 0.15) is 60.9 Å². The fraction of sp³-hybridized carbons (Fsp3) is 0.515. The van der Waals surface area contributed by atoms with Crippen molar-refractivity contribution in [1.82, 2.24) is 25.5 Å². The lowest BCUT2D eigenvalue weighted by molar-refractivity contribution is 0.249. The minimum atomic E-state index is 0.703. The number of benzene rings is 2. The van der Waals surface area contributed by atoms with Gasteiger partial charge in [-0.3, -0.25) is 4.90 Å². The van der Waals surface area contributed by atoms with Crippen LogP contribution in [0.5, 0.6) is 0 Å². The van der Waals surface area contributed by atoms with Crippen LogP contribution in [0, 0.1) is 6.92 Å². The highest BCUT2D eigenvalue weighted by Gasteiger charge is 2.19. The molecule has 1 aliphatic heterocycles. The molecule has 214 valence electrons. The molecule has 2 fully saturated rings. The average Bonchev–Trinajstić information content (AvgIpc) is 3.00. The van der Waals surface area contributed by atoms with Gasteiger partial charge in [0, 0.05) is 63.6 Å². The molecule has 2 aromatic carbocycles. The van der Waals surface area contributed by atoms with Gasteiger partial charge in [0.15, 0.2) is 0 Å². The van der Waals surface area contributed by atoms with Crippen LogP contribution in [0.3, 0.4) is 0 Å². The first kappa shape index (κ1) is 28.5. The molecule has 0 unspecified atom stereocenters. The summed E-state index contributed by atoms with van der Waals surface area (Å²) in [6, 6.07) is 22.5. The second kappa shape index (κ2) is 15.1. The molecule has 3 aromatic rings. The van der Waals surface area contributed by atoms with Crippen LogP contribution in [0.15, 0.2) is 60.7 Å². The first-order chi connectivity index (χ1) is 19.7. The Morgan fingerprint density at radius 3 is 2.25 bits per heavy atom. The summed E-state index contributed by atoms with van der Waals surface area (Å²) in [7, 11) is 0. The molecular weight excluding hydrogens is 494 g/mol. The summed E-state index contributed by atoms with van der Waals surface area (Å²) in [5.41, 5.74) is 4.93. The topological polar surface area (TPSA) is 68.3 Å². The fourth-order valence-corrected chi connectivity index (χ4v) is 5.78. The molecule has 3 N–H and O–H groups in total. The highest BCUT2D eigenvalue weighted by atomic mass is 15.3. The number of aromatic nitrogens is 2. The fourth-order valence-electron chi connectivity index (χ4n) is 5.78. The quantitative estimate of drug-likeness (QED) is 0.260. The van der Waals surface area contributed by atoms with E-state index in [2.05, 4.69) is 98.3 Å². The van der Waals surface area contributed by atoms with Gasteiger partial charge in [-0.1, -0.05) is 73.9 Å². The Hall–Kier alpha value is -3.00. The van der Waals surface area contributed by atoms with E-state index in [0.717, 1.165) is 69.9 Å². The van der Waals surface area contributed by atoms with Gasteiger partial charge in [0.2, 0.25) is 5.95 Å². The molecule has 7 nitrogen and oxygen atoms in total. The van der Waals surface area contributed by atoms with Gasteiger partial charge in [-0.05, 0) is 56.0 Å². The lowest BCUT2D eigenvalue weighted by Gasteiger charge is -2.35. The highest BCUT2D eigenvalue weighted by Crippen LogP contribution is 2.19. The van der Waals surface area contributed by atoms with Gasteiger partial charge in [0.1, 0.15) is 5.82 Å². The number of anilines is 2. The Morgan fingerprint density at radius 2 is 1.50 bits per heavy atom. The predicted octanol–water partition coefficient (Wildman–Crippen LogP) is 5.12. The van der Waals surface area contributed by atoms with E-state index < -0.39 is 0 Å². The predicted molar refractivity (Wildman–Crippen MR) is 166 cm³/mol. The van der Waals surface area contributed by atoms with Gasteiger partial charge >= 0.3 is 0 Å². The first-order valence-electron chi connectivity index (χ1n) is 15.3. The van der Waals surface area contributed by atoms with Crippen LogP contribution in [-0.4, -0.2) is 60.2 Å². The van der Waals surface area contributed by atoms with E-state index in [9.17, 15) is 0 Å². The molecule has 7 heteroatoms. The van der Waals surface area contributed by atoms with Gasteiger partial charge in [-0.25, -0.2) is 4.98 Å². The summed E-state index contributed by atoms with van der Waals surface area (Å²) in [4.78, 5) is 14.4. The zero-order chi connectivity index (χ0) is 27.4. The lowest BCUT2D eigenvalue weighted by atomic mass is 9.95. The summed E-state index contributed by atoms with van der Waals surface area (Å²) in [5.74, 6) is 1.72. The van der Waals surface area contributed by atoms with E-state index in [1.807, 2.05) is 0 Å². The van der Waals surface area contributed by atoms with E-state index >= 15 is 0 Å². The monoisotopic (exact) mass is 541 g/mol. The van der Waals surface area contributed by atoms with Crippen molar-refractivity contribution in [3.8, 4) is 0 Å². The number of nitrogens with one attached hydrogen (secondary N) is 3. The molecule has 0 bridgehead atoms. The van der Waals surface area contributed by atoms with Gasteiger partial charge in [0.05, 0.1) is 0 Å². The number of hydrogen-bond acceptors (Lipinski definition) is 7. The van der Waals surface area contributed by atoms with Crippen LogP contribution in [0.4, 0.5) is 11.8 Å². The standard InChI is InChI=1S/C33H47N7/c1-27-23-32(40-21-19-39(20-22-40)26-30-9-4-2-5-10-30)38-33(37-27)36-25-29-15-13-28(14-16-29)24-34-17-8-18-35-31-11-6-3-7-12-31/h2,4-5,9-10,13-16,23,31,34-35H,3,6-8,11-12,17-22,24-26H2,1H3,(H,36,37,38). The van der Waals surface area contributed by atoms with Crippen LogP contribution < -0.4 is 20.9 Å². The minimum Gasteiger partial charge on any atom is -0.354 e. The lowest BCUT2D eigenvalue weighted by Crippen LogP contribution is -2.46. The van der Waals surface area contributed by atoms with Crippen molar-refractivity contribution in [2.75, 3.05) is 49.5 Å². The van der Waals surface area contributed by atoms with Gasteiger partial charge in [-0.2, -0.15) is 4.98 Å². The van der Waals surface area contributed by atoms with Crippen molar-refractivity contribution in [3.05, 3.63) is 83.0 Å². The van der Waals surface area contributed by atoms with Crippen molar-refractivity contribution >= 4 is 11.8 Å². The number of piperazine rings is 1. The van der Waals surface area contributed by atoms with Crippen LogP contribution in [-0.2, 0) is 19.6 Å². The molecule has 2 heterocycles. The number of rotatable bonds is 13. The van der Waals surface area contributed by atoms with Gasteiger partial charge in [-0.15, -0.1) is 0 Å². The maximum Gasteiger partial charge on any atom is 0.225 e. The summed E-state index contributed by atoms with van der Waals surface area (Å²) >= 11 is 0. The van der Waals surface area contributed by atoms with Crippen LogP contribution in [0.25, 0.3) is 0 Å². The van der Waals surface area contributed by atoms with Crippen molar-refractivity contribution in [1.29, 1.82) is 0 Å². The van der Waals surface area contributed by atoms with Crippen LogP contribution >= 0.6 is 0 Å². The van der Waals surface area contributed by atoms with E-state index in [-0.39, 0.29) is 0 Å². The Morgan fingerprint density at radius 1 is 0.775 bits per heavy atom. The Labute approximate surface area is 240 Å². The van der Waals surface area contributed by atoms with E-state index in [1.54, 1.807) is 0 Å². The highest BCUT2D eigenvalue weighted by molar-refractivity contribution is 5.45. The number of hydrogen-bond donors (Lipinski definition) is 3. The molecule has 1 aliphatic carbocycles. The molecule has 0 amide bonds. The third-order valence-corrected chi connectivity index (χ3v) is 8.16. The number of nitrogens with zero attached hydrogens (tertiary/aromatic N) is 4. The Kier molecular flexibility index (Phi) is 10.8. The summed E-state index contributed by atoms with van der Waals surface area (Å²) in [6.45, 7) is 10.9. The van der Waals surface area contributed by atoms with E-state index in [4.69, 9.17) is 4.98 Å². The second-order valence-corrected chi connectivity index (χ2v) is 11.4. The molecule has 0 radical (unpaired) electrons. The SMILES string of the molecule is Cc1cc(N2CCN(Cc3ccccc3)CC2)nc(NCc2ccc(CNCCCNC3CCCCC3)cc2)n1. The second-order valence-electron chi connectivity index (χ2n) is 11.4. The molecule has 5 rings (SSSR count). The largest absolute Gasteiger partial charge is 0.354 e. The zero-order valence-electron chi connectivity index (χ0n) is 24.2. The number of aryl methyl sites for hydroxylation is 1. The molecule has 40 heavy (non-hydrogen) atoms. The van der Waals surface area contributed by atoms with Crippen LogP contribution in [0.2, 0.25) is 0 Å². The molecular formula is C33H47N7. The minimum absolute atomic E-state index is 0.703. The third-order valence-electron chi connectivity index (χ3n) is 8.16. The maximum absolute atomic E-state index is 4.86. The smallest absolute Gasteiger partial charge is 0.225 e. The molecule has 1 saturated carbocycles. The van der Waals surface area contributed by atoms with Crippen molar-refractivity contribution in [3.63, 3.8) is 0 Å². The third kappa shape index (κ3) is 9.01. The summed E-state index contributed by atoms with van der Waals surface area (Å²) < 4.78 is 0.